The van der Waals surface area contributed by atoms with Gasteiger partial charge in [-0.3, -0.25) is 9.78 Å². The minimum absolute atomic E-state index is 0.0420. The van der Waals surface area contributed by atoms with Crippen LogP contribution in [0.2, 0.25) is 0 Å². The summed E-state index contributed by atoms with van der Waals surface area (Å²) in [5, 5.41) is 0. The average Bonchev–Trinajstić information content (AvgIpc) is 2.90. The summed E-state index contributed by atoms with van der Waals surface area (Å²) in [6.07, 6.45) is 7.84. The Hall–Kier alpha value is -2.10. The van der Waals surface area contributed by atoms with Gasteiger partial charge in [-0.1, -0.05) is 0 Å². The molecule has 0 saturated heterocycles. The van der Waals surface area contributed by atoms with Crippen molar-refractivity contribution in [3.8, 4) is 0 Å². The molecule has 0 atom stereocenters. The smallest absolute Gasteiger partial charge is 0.255 e. The molecule has 0 aliphatic rings. The Morgan fingerprint density at radius 1 is 1.35 bits per heavy atom. The number of rotatable bonds is 4. The van der Waals surface area contributed by atoms with E-state index in [9.17, 15) is 4.79 Å². The van der Waals surface area contributed by atoms with E-state index >= 15 is 0 Å². The van der Waals surface area contributed by atoms with Crippen LogP contribution < -0.4 is 0 Å². The number of H-pyrrole nitrogens is 1. The highest BCUT2D eigenvalue weighted by Gasteiger charge is 2.11. The molecule has 0 radical (unpaired) electrons. The van der Waals surface area contributed by atoms with Crippen molar-refractivity contribution in [2.24, 2.45) is 0 Å². The molecule has 0 aliphatic heterocycles. The molecule has 1 N–H and O–H groups in total. The Balaban J connectivity index is 1.90. The molecule has 2 rings (SSSR count). The largest absolute Gasteiger partial charge is 0.367 e. The number of nitrogens with one attached hydrogen (secondary N) is 1. The topological polar surface area (TPSA) is 49.0 Å². The molecule has 0 unspecified atom stereocenters. The second kappa shape index (κ2) is 5.30. The van der Waals surface area contributed by atoms with Crippen LogP contribution in [0.25, 0.3) is 0 Å². The second-order valence-electron chi connectivity index (χ2n) is 3.93. The van der Waals surface area contributed by atoms with Gasteiger partial charge in [-0.05, 0) is 30.2 Å². The van der Waals surface area contributed by atoms with Crippen molar-refractivity contribution in [3.63, 3.8) is 0 Å². The third-order valence-electron chi connectivity index (χ3n) is 2.68. The number of hydrogen-bond acceptors (Lipinski definition) is 2. The third-order valence-corrected chi connectivity index (χ3v) is 2.68. The summed E-state index contributed by atoms with van der Waals surface area (Å²) >= 11 is 0. The molecule has 0 aromatic carbocycles. The maximum absolute atomic E-state index is 11.9. The number of pyridine rings is 1. The molecule has 17 heavy (non-hydrogen) atoms. The van der Waals surface area contributed by atoms with E-state index in [0.29, 0.717) is 12.1 Å². The summed E-state index contributed by atoms with van der Waals surface area (Å²) in [6.45, 7) is 0.702. The van der Waals surface area contributed by atoms with E-state index in [1.54, 1.807) is 35.8 Å². The first-order valence-corrected chi connectivity index (χ1v) is 5.54. The van der Waals surface area contributed by atoms with Gasteiger partial charge in [0.05, 0.1) is 5.56 Å². The van der Waals surface area contributed by atoms with Gasteiger partial charge in [-0.25, -0.2) is 0 Å². The SMILES string of the molecule is CN(CCc1ccncc1)C(=O)c1cc[nH]c1. The number of nitrogens with zero attached hydrogens (tertiary/aromatic N) is 2. The van der Waals surface area contributed by atoms with Crippen LogP contribution in [0.3, 0.4) is 0 Å². The lowest BCUT2D eigenvalue weighted by molar-refractivity contribution is 0.0797. The normalized spacial score (nSPS) is 10.2. The van der Waals surface area contributed by atoms with Crippen LogP contribution in [-0.4, -0.2) is 34.4 Å². The molecule has 4 heteroatoms. The highest BCUT2D eigenvalue weighted by atomic mass is 16.2. The first-order chi connectivity index (χ1) is 8.27. The van der Waals surface area contributed by atoms with Gasteiger partial charge < -0.3 is 9.88 Å². The van der Waals surface area contributed by atoms with E-state index in [-0.39, 0.29) is 5.91 Å². The average molecular weight is 229 g/mol. The van der Waals surface area contributed by atoms with Crippen LogP contribution in [-0.2, 0) is 6.42 Å². The fraction of sp³-hybridized carbons (Fsp3) is 0.231. The lowest BCUT2D eigenvalue weighted by Crippen LogP contribution is -2.28. The minimum Gasteiger partial charge on any atom is -0.367 e. The van der Waals surface area contributed by atoms with Crippen molar-refractivity contribution >= 4 is 5.91 Å². The van der Waals surface area contributed by atoms with Crippen LogP contribution in [0.15, 0.2) is 43.0 Å². The van der Waals surface area contributed by atoms with Gasteiger partial charge in [0.15, 0.2) is 0 Å². The number of amides is 1. The summed E-state index contributed by atoms with van der Waals surface area (Å²) in [5.74, 6) is 0.0420. The maximum atomic E-state index is 11.9. The minimum atomic E-state index is 0.0420. The zero-order valence-electron chi connectivity index (χ0n) is 9.76. The first kappa shape index (κ1) is 11.4. The van der Waals surface area contributed by atoms with Crippen LogP contribution in [0.5, 0.6) is 0 Å². The third kappa shape index (κ3) is 2.93. The molecule has 88 valence electrons. The van der Waals surface area contributed by atoms with Crippen molar-refractivity contribution in [3.05, 3.63) is 54.1 Å². The molecule has 0 bridgehead atoms. The zero-order chi connectivity index (χ0) is 12.1. The number of hydrogen-bond donors (Lipinski definition) is 1. The monoisotopic (exact) mass is 229 g/mol. The molecule has 0 aliphatic carbocycles. The fourth-order valence-electron chi connectivity index (χ4n) is 1.63. The lowest BCUT2D eigenvalue weighted by Gasteiger charge is -2.16. The molecule has 2 aromatic rings. The number of carbonyl (C=O) groups excluding carboxylic acids is 1. The highest BCUT2D eigenvalue weighted by Crippen LogP contribution is 2.04. The van der Waals surface area contributed by atoms with Crippen LogP contribution >= 0.6 is 0 Å². The molecule has 0 fully saturated rings. The molecule has 0 saturated carbocycles. The van der Waals surface area contributed by atoms with Crippen molar-refractivity contribution in [1.29, 1.82) is 0 Å². The van der Waals surface area contributed by atoms with Crippen LogP contribution in [0.4, 0.5) is 0 Å². The van der Waals surface area contributed by atoms with E-state index in [4.69, 9.17) is 0 Å². The van der Waals surface area contributed by atoms with Gasteiger partial charge in [0, 0.05) is 38.4 Å². The molecule has 2 heterocycles. The number of aromatic amines is 1. The number of likely N-dealkylation sites (N-methyl/N-ethyl adjacent to an activating group) is 1. The van der Waals surface area contributed by atoms with Gasteiger partial charge in [0.2, 0.25) is 0 Å². The predicted molar refractivity (Wildman–Crippen MR) is 65.7 cm³/mol. The van der Waals surface area contributed by atoms with Crippen LogP contribution in [0, 0.1) is 0 Å². The summed E-state index contributed by atoms with van der Waals surface area (Å²) in [4.78, 5) is 20.5. The first-order valence-electron chi connectivity index (χ1n) is 5.54. The highest BCUT2D eigenvalue weighted by molar-refractivity contribution is 5.93. The Morgan fingerprint density at radius 2 is 2.12 bits per heavy atom. The summed E-state index contributed by atoms with van der Waals surface area (Å²) in [7, 11) is 1.82. The Kier molecular flexibility index (Phi) is 3.55. The zero-order valence-corrected chi connectivity index (χ0v) is 9.76. The quantitative estimate of drug-likeness (QED) is 0.867. The Morgan fingerprint density at radius 3 is 2.76 bits per heavy atom. The fourth-order valence-corrected chi connectivity index (χ4v) is 1.63. The van der Waals surface area contributed by atoms with Gasteiger partial charge in [0.1, 0.15) is 0 Å². The van der Waals surface area contributed by atoms with Crippen molar-refractivity contribution in [2.75, 3.05) is 13.6 Å². The van der Waals surface area contributed by atoms with Crippen LogP contribution in [0.1, 0.15) is 15.9 Å². The van der Waals surface area contributed by atoms with E-state index in [0.717, 1.165) is 6.42 Å². The maximum Gasteiger partial charge on any atom is 0.255 e. The second-order valence-corrected chi connectivity index (χ2v) is 3.93. The summed E-state index contributed by atoms with van der Waals surface area (Å²) in [5.41, 5.74) is 1.89. The summed E-state index contributed by atoms with van der Waals surface area (Å²) < 4.78 is 0. The molecular weight excluding hydrogens is 214 g/mol. The lowest BCUT2D eigenvalue weighted by atomic mass is 10.2. The Bertz CT molecular complexity index is 465. The van der Waals surface area contributed by atoms with Crippen molar-refractivity contribution in [2.45, 2.75) is 6.42 Å². The van der Waals surface area contributed by atoms with Gasteiger partial charge >= 0.3 is 0 Å². The molecule has 1 amide bonds. The van der Waals surface area contributed by atoms with Crippen molar-refractivity contribution < 1.29 is 4.79 Å². The standard InChI is InChI=1S/C13H15N3O/c1-16(13(17)12-4-8-15-10-12)9-5-11-2-6-14-7-3-11/h2-4,6-8,10,15H,5,9H2,1H3. The van der Waals surface area contributed by atoms with E-state index in [1.807, 2.05) is 19.2 Å². The van der Waals surface area contributed by atoms with E-state index in [2.05, 4.69) is 9.97 Å². The molecule has 4 nitrogen and oxygen atoms in total. The Labute approximate surface area is 100 Å². The van der Waals surface area contributed by atoms with Gasteiger partial charge in [-0.15, -0.1) is 0 Å². The number of carbonyl (C=O) groups is 1. The molecule has 0 spiro atoms. The van der Waals surface area contributed by atoms with Gasteiger partial charge in [0.25, 0.3) is 5.91 Å². The van der Waals surface area contributed by atoms with E-state index < -0.39 is 0 Å². The molecular formula is C13H15N3O. The van der Waals surface area contributed by atoms with Gasteiger partial charge in [-0.2, -0.15) is 0 Å². The summed E-state index contributed by atoms with van der Waals surface area (Å²) in [6, 6.07) is 5.72. The van der Waals surface area contributed by atoms with Crippen molar-refractivity contribution in [1.82, 2.24) is 14.9 Å². The molecule has 2 aromatic heterocycles. The predicted octanol–water partition coefficient (Wildman–Crippen LogP) is 1.72. The van der Waals surface area contributed by atoms with E-state index in [1.165, 1.54) is 5.56 Å². The number of aromatic nitrogens is 2.